The third kappa shape index (κ3) is 5.42. The van der Waals surface area contributed by atoms with E-state index in [2.05, 4.69) is 5.32 Å². The number of furan rings is 1. The molecule has 2 aromatic carbocycles. The van der Waals surface area contributed by atoms with Crippen LogP contribution in [0, 0.1) is 11.3 Å². The first kappa shape index (κ1) is 22.8. The number of benzene rings is 2. The molecule has 3 rings (SSSR count). The normalized spacial score (nSPS) is 11.8. The molecule has 0 bridgehead atoms. The van der Waals surface area contributed by atoms with Gasteiger partial charge in [-0.15, -0.1) is 0 Å². The summed E-state index contributed by atoms with van der Waals surface area (Å²) in [5.74, 6) is -0.653. The number of halogens is 6. The van der Waals surface area contributed by atoms with Crippen molar-refractivity contribution >= 4 is 52.5 Å². The molecule has 0 radical (unpaired) electrons. The molecule has 1 aromatic heterocycles. The Morgan fingerprint density at radius 3 is 2.42 bits per heavy atom. The standard InChI is InChI=1S/C21H10Cl3F3N2O2/c22-13-2-5-18(17(24)9-13)29-20(30)11(10-28)7-14-3-6-19(31-14)15-8-12(21(25,26)27)1-4-16(15)23/h1-9H,(H,29,30). The lowest BCUT2D eigenvalue weighted by Crippen LogP contribution is -2.13. The number of rotatable bonds is 4. The van der Waals surface area contributed by atoms with Gasteiger partial charge in [0.25, 0.3) is 5.91 Å². The molecule has 158 valence electrons. The molecule has 4 nitrogen and oxygen atoms in total. The van der Waals surface area contributed by atoms with Crippen LogP contribution in [0.15, 0.2) is 58.5 Å². The van der Waals surface area contributed by atoms with Crippen LogP contribution in [0.25, 0.3) is 17.4 Å². The number of nitriles is 1. The Morgan fingerprint density at radius 1 is 1.03 bits per heavy atom. The number of amides is 1. The highest BCUT2D eigenvalue weighted by atomic mass is 35.5. The van der Waals surface area contributed by atoms with Gasteiger partial charge in [0.1, 0.15) is 23.2 Å². The molecule has 0 unspecified atom stereocenters. The molecule has 0 atom stereocenters. The summed E-state index contributed by atoms with van der Waals surface area (Å²) < 4.78 is 44.4. The van der Waals surface area contributed by atoms with Crippen LogP contribution in [-0.2, 0) is 11.0 Å². The highest BCUT2D eigenvalue weighted by molar-refractivity contribution is 6.37. The molecule has 0 spiro atoms. The maximum atomic E-state index is 13.0. The monoisotopic (exact) mass is 484 g/mol. The van der Waals surface area contributed by atoms with Crippen molar-refractivity contribution in [1.29, 1.82) is 5.26 Å². The number of anilines is 1. The third-order valence-electron chi connectivity index (χ3n) is 4.02. The van der Waals surface area contributed by atoms with Crippen LogP contribution in [0.1, 0.15) is 11.3 Å². The van der Waals surface area contributed by atoms with Crippen LogP contribution in [0.3, 0.4) is 0 Å². The summed E-state index contributed by atoms with van der Waals surface area (Å²) in [6.07, 6.45) is -3.41. The lowest BCUT2D eigenvalue weighted by Gasteiger charge is -2.09. The van der Waals surface area contributed by atoms with Gasteiger partial charge in [-0.2, -0.15) is 18.4 Å². The first-order valence-corrected chi connectivity index (χ1v) is 9.57. The van der Waals surface area contributed by atoms with E-state index in [4.69, 9.17) is 39.2 Å². The zero-order valence-corrected chi connectivity index (χ0v) is 17.5. The molecule has 0 aliphatic heterocycles. The van der Waals surface area contributed by atoms with Gasteiger partial charge in [0.2, 0.25) is 0 Å². The lowest BCUT2D eigenvalue weighted by atomic mass is 10.1. The van der Waals surface area contributed by atoms with E-state index in [1.165, 1.54) is 30.3 Å². The Kier molecular flexibility index (Phi) is 6.65. The molecular formula is C21H10Cl3F3N2O2. The number of hydrogen-bond donors (Lipinski definition) is 1. The van der Waals surface area contributed by atoms with E-state index >= 15 is 0 Å². The highest BCUT2D eigenvalue weighted by Gasteiger charge is 2.31. The van der Waals surface area contributed by atoms with Crippen LogP contribution >= 0.6 is 34.8 Å². The quantitative estimate of drug-likeness (QED) is 0.308. The fourth-order valence-corrected chi connectivity index (χ4v) is 3.20. The van der Waals surface area contributed by atoms with E-state index in [0.717, 1.165) is 24.3 Å². The molecule has 0 saturated heterocycles. The number of hydrogen-bond acceptors (Lipinski definition) is 3. The van der Waals surface area contributed by atoms with Gasteiger partial charge in [-0.1, -0.05) is 34.8 Å². The molecule has 1 amide bonds. The second-order valence-electron chi connectivity index (χ2n) is 6.14. The number of nitrogens with zero attached hydrogens (tertiary/aromatic N) is 1. The number of carbonyl (C=O) groups excluding carboxylic acids is 1. The van der Waals surface area contributed by atoms with Crippen LogP contribution in [0.5, 0.6) is 0 Å². The number of nitrogens with one attached hydrogen (secondary N) is 1. The van der Waals surface area contributed by atoms with E-state index in [9.17, 15) is 23.2 Å². The minimum atomic E-state index is -4.55. The van der Waals surface area contributed by atoms with Crippen LogP contribution in [-0.4, -0.2) is 5.91 Å². The predicted molar refractivity (Wildman–Crippen MR) is 113 cm³/mol. The third-order valence-corrected chi connectivity index (χ3v) is 4.89. The van der Waals surface area contributed by atoms with Crippen molar-refractivity contribution in [2.45, 2.75) is 6.18 Å². The van der Waals surface area contributed by atoms with E-state index in [-0.39, 0.29) is 38.4 Å². The van der Waals surface area contributed by atoms with Crippen LogP contribution < -0.4 is 5.32 Å². The van der Waals surface area contributed by atoms with Crippen molar-refractivity contribution in [1.82, 2.24) is 0 Å². The van der Waals surface area contributed by atoms with Gasteiger partial charge in [-0.3, -0.25) is 4.79 Å². The maximum Gasteiger partial charge on any atom is 0.416 e. The molecule has 1 heterocycles. The van der Waals surface area contributed by atoms with Crippen molar-refractivity contribution in [2.24, 2.45) is 0 Å². The minimum Gasteiger partial charge on any atom is -0.457 e. The zero-order chi connectivity index (χ0) is 22.8. The molecule has 1 N–H and O–H groups in total. The van der Waals surface area contributed by atoms with Gasteiger partial charge in [0.15, 0.2) is 0 Å². The van der Waals surface area contributed by atoms with Gasteiger partial charge in [-0.25, -0.2) is 0 Å². The Labute approximate surface area is 189 Å². The van der Waals surface area contributed by atoms with Gasteiger partial charge in [0, 0.05) is 16.7 Å². The zero-order valence-electron chi connectivity index (χ0n) is 15.2. The average molecular weight is 486 g/mol. The summed E-state index contributed by atoms with van der Waals surface area (Å²) in [6.45, 7) is 0. The number of alkyl halides is 3. The van der Waals surface area contributed by atoms with Gasteiger partial charge in [-0.05, 0) is 48.5 Å². The molecule has 10 heteroatoms. The summed E-state index contributed by atoms with van der Waals surface area (Å²) in [7, 11) is 0. The van der Waals surface area contributed by atoms with Gasteiger partial charge in [0.05, 0.1) is 21.3 Å². The van der Waals surface area contributed by atoms with Crippen molar-refractivity contribution in [3.63, 3.8) is 0 Å². The molecule has 0 fully saturated rings. The summed E-state index contributed by atoms with van der Waals surface area (Å²) in [6, 6.07) is 11.7. The van der Waals surface area contributed by atoms with E-state index in [1.807, 2.05) is 0 Å². The van der Waals surface area contributed by atoms with Gasteiger partial charge >= 0.3 is 6.18 Å². The van der Waals surface area contributed by atoms with Gasteiger partial charge < -0.3 is 9.73 Å². The topological polar surface area (TPSA) is 66.0 Å². The molecule has 31 heavy (non-hydrogen) atoms. The van der Waals surface area contributed by atoms with E-state index in [1.54, 1.807) is 6.07 Å². The fraction of sp³-hybridized carbons (Fsp3) is 0.0476. The molecule has 0 aliphatic carbocycles. The van der Waals surface area contributed by atoms with Crippen molar-refractivity contribution in [2.75, 3.05) is 5.32 Å². The maximum absolute atomic E-state index is 13.0. The summed E-state index contributed by atoms with van der Waals surface area (Å²) in [5.41, 5.74) is -0.945. The smallest absolute Gasteiger partial charge is 0.416 e. The van der Waals surface area contributed by atoms with E-state index < -0.39 is 17.6 Å². The summed E-state index contributed by atoms with van der Waals surface area (Å²) in [5, 5.41) is 12.4. The number of carbonyl (C=O) groups is 1. The second-order valence-corrected chi connectivity index (χ2v) is 7.39. The SMILES string of the molecule is N#CC(=Cc1ccc(-c2cc(C(F)(F)F)ccc2Cl)o1)C(=O)Nc1ccc(Cl)cc1Cl. The minimum absolute atomic E-state index is 0.0204. The van der Waals surface area contributed by atoms with Crippen molar-refractivity contribution in [3.8, 4) is 17.4 Å². The molecule has 0 saturated carbocycles. The molecule has 3 aromatic rings. The van der Waals surface area contributed by atoms with E-state index in [0.29, 0.717) is 5.02 Å². The lowest BCUT2D eigenvalue weighted by molar-refractivity contribution is -0.137. The Hall–Kier alpha value is -2.92. The van der Waals surface area contributed by atoms with Crippen molar-refractivity contribution < 1.29 is 22.4 Å². The Morgan fingerprint density at radius 2 is 1.77 bits per heavy atom. The predicted octanol–water partition coefficient (Wildman–Crippen LogP) is 7.47. The first-order chi connectivity index (χ1) is 14.6. The Bertz CT molecular complexity index is 1230. The molecule has 0 aliphatic rings. The second kappa shape index (κ2) is 9.06. The Balaban J connectivity index is 1.87. The average Bonchev–Trinajstić information content (AvgIpc) is 3.16. The summed E-state index contributed by atoms with van der Waals surface area (Å²) in [4.78, 5) is 12.4. The van der Waals surface area contributed by atoms with Crippen molar-refractivity contribution in [3.05, 3.63) is 80.5 Å². The van der Waals surface area contributed by atoms with Crippen LogP contribution in [0.2, 0.25) is 15.1 Å². The largest absolute Gasteiger partial charge is 0.457 e. The highest BCUT2D eigenvalue weighted by Crippen LogP contribution is 2.36. The first-order valence-electron chi connectivity index (χ1n) is 8.43. The fourth-order valence-electron chi connectivity index (χ4n) is 2.54. The molecular weight excluding hydrogens is 476 g/mol. The van der Waals surface area contributed by atoms with Crippen LogP contribution in [0.4, 0.5) is 18.9 Å². The summed E-state index contributed by atoms with van der Waals surface area (Å²) >= 11 is 17.8.